The number of nitrogens with one attached hydrogen (secondary N) is 1. The number of nitrogens with zero attached hydrogens (tertiary/aromatic N) is 1. The maximum absolute atomic E-state index is 12.0. The van der Waals surface area contributed by atoms with Crippen molar-refractivity contribution >= 4 is 6.09 Å². The summed E-state index contributed by atoms with van der Waals surface area (Å²) in [6, 6.07) is 0.447. The van der Waals surface area contributed by atoms with Gasteiger partial charge in [0.15, 0.2) is 0 Å². The Hall–Kier alpha value is -1.23. The van der Waals surface area contributed by atoms with Crippen molar-refractivity contribution in [3.63, 3.8) is 0 Å². The zero-order chi connectivity index (χ0) is 15.9. The third-order valence-corrected chi connectivity index (χ3v) is 3.35. The van der Waals surface area contributed by atoms with Gasteiger partial charge in [0.1, 0.15) is 5.60 Å². The van der Waals surface area contributed by atoms with Crippen molar-refractivity contribution in [3.05, 3.63) is 12.3 Å². The van der Waals surface area contributed by atoms with Gasteiger partial charge < -0.3 is 19.7 Å². The van der Waals surface area contributed by atoms with Crippen LogP contribution in [0.25, 0.3) is 0 Å². The molecular weight excluding hydrogens is 268 g/mol. The van der Waals surface area contributed by atoms with E-state index in [1.165, 1.54) is 0 Å². The highest BCUT2D eigenvalue weighted by Gasteiger charge is 2.21. The predicted molar refractivity (Wildman–Crippen MR) is 84.2 cm³/mol. The van der Waals surface area contributed by atoms with Crippen LogP contribution in [0.3, 0.4) is 0 Å². The molecule has 1 heterocycles. The molecule has 5 heteroatoms. The van der Waals surface area contributed by atoms with Crippen molar-refractivity contribution in [3.8, 4) is 0 Å². The van der Waals surface area contributed by atoms with Crippen LogP contribution < -0.4 is 5.32 Å². The lowest BCUT2D eigenvalue weighted by molar-refractivity contribution is 0.0261. The second-order valence-electron chi connectivity index (χ2n) is 6.44. The highest BCUT2D eigenvalue weighted by molar-refractivity contribution is 5.68. The standard InChI is InChI=1S/C16H30N2O3/c1-6-18(15(19)21-16(3,4)5)10-7-13(2)17-14-8-11-20-12-9-14/h14,17H,2,6-12H2,1,3-5H3. The third kappa shape index (κ3) is 7.37. The molecule has 0 atom stereocenters. The minimum Gasteiger partial charge on any atom is -0.444 e. The van der Waals surface area contributed by atoms with E-state index in [1.54, 1.807) is 4.90 Å². The van der Waals surface area contributed by atoms with Gasteiger partial charge >= 0.3 is 6.09 Å². The fraction of sp³-hybridized carbons (Fsp3) is 0.812. The van der Waals surface area contributed by atoms with Crippen molar-refractivity contribution in [2.45, 2.75) is 58.6 Å². The van der Waals surface area contributed by atoms with Crippen LogP contribution in [0, 0.1) is 0 Å². The minimum absolute atomic E-state index is 0.260. The van der Waals surface area contributed by atoms with Gasteiger partial charge in [-0.1, -0.05) is 6.58 Å². The second-order valence-corrected chi connectivity index (χ2v) is 6.44. The van der Waals surface area contributed by atoms with Gasteiger partial charge in [-0.3, -0.25) is 0 Å². The summed E-state index contributed by atoms with van der Waals surface area (Å²) in [5.74, 6) is 0. The summed E-state index contributed by atoms with van der Waals surface area (Å²) in [6.45, 7) is 14.5. The SMILES string of the molecule is C=C(CCN(CC)C(=O)OC(C)(C)C)NC1CCOCC1. The number of rotatable bonds is 6. The lowest BCUT2D eigenvalue weighted by Gasteiger charge is -2.28. The van der Waals surface area contributed by atoms with Crippen molar-refractivity contribution in [2.75, 3.05) is 26.3 Å². The molecular formula is C16H30N2O3. The first-order valence-electron chi connectivity index (χ1n) is 7.82. The Morgan fingerprint density at radius 3 is 2.52 bits per heavy atom. The van der Waals surface area contributed by atoms with Gasteiger partial charge in [0, 0.05) is 44.5 Å². The van der Waals surface area contributed by atoms with E-state index in [9.17, 15) is 4.79 Å². The monoisotopic (exact) mass is 298 g/mol. The van der Waals surface area contributed by atoms with Crippen LogP contribution in [-0.4, -0.2) is 48.9 Å². The van der Waals surface area contributed by atoms with E-state index < -0.39 is 5.60 Å². The molecule has 1 aliphatic heterocycles. The maximum atomic E-state index is 12.0. The molecule has 0 saturated carbocycles. The van der Waals surface area contributed by atoms with Crippen LogP contribution in [-0.2, 0) is 9.47 Å². The highest BCUT2D eigenvalue weighted by atomic mass is 16.6. The summed E-state index contributed by atoms with van der Waals surface area (Å²) in [4.78, 5) is 13.7. The fourth-order valence-corrected chi connectivity index (χ4v) is 2.18. The third-order valence-electron chi connectivity index (χ3n) is 3.35. The molecule has 1 amide bonds. The van der Waals surface area contributed by atoms with E-state index >= 15 is 0 Å². The predicted octanol–water partition coefficient (Wildman–Crippen LogP) is 2.92. The fourth-order valence-electron chi connectivity index (χ4n) is 2.18. The van der Waals surface area contributed by atoms with Gasteiger partial charge in [0.25, 0.3) is 0 Å². The van der Waals surface area contributed by atoms with Crippen molar-refractivity contribution in [2.24, 2.45) is 0 Å². The highest BCUT2D eigenvalue weighted by Crippen LogP contribution is 2.12. The normalized spacial score (nSPS) is 16.4. The molecule has 1 fully saturated rings. The average molecular weight is 298 g/mol. The molecule has 0 bridgehead atoms. The number of hydrogen-bond acceptors (Lipinski definition) is 4. The van der Waals surface area contributed by atoms with E-state index in [0.29, 0.717) is 19.1 Å². The Kier molecular flexibility index (Phi) is 7.02. The molecule has 0 aromatic rings. The molecule has 0 aromatic carbocycles. The van der Waals surface area contributed by atoms with E-state index in [0.717, 1.165) is 38.2 Å². The van der Waals surface area contributed by atoms with E-state index in [2.05, 4.69) is 11.9 Å². The van der Waals surface area contributed by atoms with Gasteiger partial charge in [0.2, 0.25) is 0 Å². The van der Waals surface area contributed by atoms with Gasteiger partial charge in [-0.05, 0) is 40.5 Å². The van der Waals surface area contributed by atoms with Gasteiger partial charge in [0.05, 0.1) is 0 Å². The van der Waals surface area contributed by atoms with E-state index in [1.807, 2.05) is 27.7 Å². The summed E-state index contributed by atoms with van der Waals surface area (Å²) in [7, 11) is 0. The van der Waals surface area contributed by atoms with Crippen LogP contribution in [0.15, 0.2) is 12.3 Å². The molecule has 0 radical (unpaired) electrons. The van der Waals surface area contributed by atoms with Crippen LogP contribution in [0.5, 0.6) is 0 Å². The number of carbonyl (C=O) groups is 1. The zero-order valence-corrected chi connectivity index (χ0v) is 13.9. The average Bonchev–Trinajstić information content (AvgIpc) is 2.38. The Morgan fingerprint density at radius 2 is 2.00 bits per heavy atom. The quantitative estimate of drug-likeness (QED) is 0.819. The molecule has 122 valence electrons. The topological polar surface area (TPSA) is 50.8 Å². The summed E-state index contributed by atoms with van der Waals surface area (Å²) in [5.41, 5.74) is 0.519. The van der Waals surface area contributed by atoms with Gasteiger partial charge in [-0.15, -0.1) is 0 Å². The van der Waals surface area contributed by atoms with Gasteiger partial charge in [-0.25, -0.2) is 4.79 Å². The van der Waals surface area contributed by atoms with Crippen molar-refractivity contribution in [1.29, 1.82) is 0 Å². The molecule has 0 aliphatic carbocycles. The number of ether oxygens (including phenoxy) is 2. The molecule has 0 aromatic heterocycles. The molecule has 0 spiro atoms. The lowest BCUT2D eigenvalue weighted by atomic mass is 10.1. The Morgan fingerprint density at radius 1 is 1.38 bits per heavy atom. The smallest absolute Gasteiger partial charge is 0.410 e. The second kappa shape index (κ2) is 8.27. The molecule has 0 unspecified atom stereocenters. The molecule has 1 N–H and O–H groups in total. The zero-order valence-electron chi connectivity index (χ0n) is 13.9. The number of hydrogen-bond donors (Lipinski definition) is 1. The Labute approximate surface area is 128 Å². The molecule has 1 saturated heterocycles. The Bertz CT molecular complexity index is 344. The largest absolute Gasteiger partial charge is 0.444 e. The van der Waals surface area contributed by atoms with Crippen LogP contribution in [0.4, 0.5) is 4.79 Å². The molecule has 1 rings (SSSR count). The van der Waals surface area contributed by atoms with Crippen molar-refractivity contribution < 1.29 is 14.3 Å². The summed E-state index contributed by atoms with van der Waals surface area (Å²) >= 11 is 0. The van der Waals surface area contributed by atoms with E-state index in [4.69, 9.17) is 9.47 Å². The molecule has 21 heavy (non-hydrogen) atoms. The van der Waals surface area contributed by atoms with E-state index in [-0.39, 0.29) is 6.09 Å². The van der Waals surface area contributed by atoms with Gasteiger partial charge in [-0.2, -0.15) is 0 Å². The summed E-state index contributed by atoms with van der Waals surface area (Å²) in [5, 5.41) is 3.43. The summed E-state index contributed by atoms with van der Waals surface area (Å²) in [6.07, 6.45) is 2.51. The van der Waals surface area contributed by atoms with Crippen LogP contribution >= 0.6 is 0 Å². The van der Waals surface area contributed by atoms with Crippen molar-refractivity contribution in [1.82, 2.24) is 10.2 Å². The molecule has 1 aliphatic rings. The number of amides is 1. The molecule has 5 nitrogen and oxygen atoms in total. The lowest BCUT2D eigenvalue weighted by Crippen LogP contribution is -2.39. The van der Waals surface area contributed by atoms with Crippen LogP contribution in [0.2, 0.25) is 0 Å². The number of carbonyl (C=O) groups excluding carboxylic acids is 1. The first kappa shape index (κ1) is 17.8. The Balaban J connectivity index is 2.33. The maximum Gasteiger partial charge on any atom is 0.410 e. The minimum atomic E-state index is -0.456. The van der Waals surface area contributed by atoms with Crippen LogP contribution in [0.1, 0.15) is 47.0 Å². The summed E-state index contributed by atoms with van der Waals surface area (Å²) < 4.78 is 10.7. The first-order chi connectivity index (χ1) is 9.81. The first-order valence-corrected chi connectivity index (χ1v) is 7.82.